The molecule has 0 heterocycles. The van der Waals surface area contributed by atoms with Crippen molar-refractivity contribution in [3.05, 3.63) is 477 Å². The lowest BCUT2D eigenvalue weighted by Gasteiger charge is -2.36. The maximum atomic E-state index is 17.5. The monoisotopic (exact) mass is 1510 g/mol. The Morgan fingerprint density at radius 1 is 0.235 bits per heavy atom. The Bertz CT molecular complexity index is 6280. The van der Waals surface area contributed by atoms with E-state index < -0.39 is 73.9 Å². The molecule has 0 aromatic heterocycles. The van der Waals surface area contributed by atoms with Crippen LogP contribution in [0.2, 0.25) is 0 Å². The van der Waals surface area contributed by atoms with Gasteiger partial charge in [-0.25, -0.2) is 35.1 Å². The molecule has 1 spiro atoms. The van der Waals surface area contributed by atoms with Crippen LogP contribution in [0.5, 0.6) is 23.0 Å². The van der Waals surface area contributed by atoms with Gasteiger partial charge in [0.25, 0.3) is 0 Å². The van der Waals surface area contributed by atoms with E-state index in [2.05, 4.69) is 61.7 Å². The van der Waals surface area contributed by atoms with Crippen molar-refractivity contribution in [2.75, 3.05) is 9.80 Å². The van der Waals surface area contributed by atoms with Gasteiger partial charge in [-0.1, -0.05) is 195 Å². The Kier molecular flexibility index (Phi) is 16.4. The Morgan fingerprint density at radius 3 is 0.791 bits per heavy atom. The van der Waals surface area contributed by atoms with E-state index in [1.54, 1.807) is 97.1 Å². The molecule has 20 rings (SSSR count). The fourth-order valence-corrected chi connectivity index (χ4v) is 18.6. The highest BCUT2D eigenvalue weighted by molar-refractivity contribution is 5.99. The molecule has 4 aliphatic carbocycles. The van der Waals surface area contributed by atoms with Crippen molar-refractivity contribution >= 4 is 46.3 Å². The van der Waals surface area contributed by atoms with Crippen molar-refractivity contribution in [2.24, 2.45) is 0 Å². The number of anilines is 6. The second-order valence-corrected chi connectivity index (χ2v) is 29.2. The van der Waals surface area contributed by atoms with Gasteiger partial charge in [-0.15, -0.1) is 0 Å². The molecule has 0 saturated heterocycles. The first-order valence-electron chi connectivity index (χ1n) is 37.6. The number of hydrogen-bond acceptors (Lipinski definition) is 4. The van der Waals surface area contributed by atoms with Crippen molar-refractivity contribution < 1.29 is 44.6 Å². The molecule has 0 radical (unpaired) electrons. The molecule has 115 heavy (non-hydrogen) atoms. The largest absolute Gasteiger partial charge is 0.457 e. The number of nitrogens with zero attached hydrogens (tertiary/aromatic N) is 2. The van der Waals surface area contributed by atoms with Crippen LogP contribution >= 0.6 is 0 Å². The average molecular weight is 1510 g/mol. The normalized spacial score (nSPS) is 16.0. The first-order valence-corrected chi connectivity index (χ1v) is 37.6. The van der Waals surface area contributed by atoms with E-state index in [9.17, 15) is 0 Å². The zero-order valence-electron chi connectivity index (χ0n) is 61.1. The van der Waals surface area contributed by atoms with Gasteiger partial charge in [0.05, 0.1) is 16.2 Å². The lowest BCUT2D eigenvalue weighted by molar-refractivity contribution is 0.463. The molecule has 0 amide bonds. The van der Waals surface area contributed by atoms with Crippen molar-refractivity contribution in [1.82, 2.24) is 0 Å². The molecule has 0 N–H and O–H groups in total. The van der Waals surface area contributed by atoms with Gasteiger partial charge in [-0.05, 0) is 281 Å². The van der Waals surface area contributed by atoms with Gasteiger partial charge in [0.15, 0.2) is 23.3 Å². The highest BCUT2D eigenvalue weighted by atomic mass is 19.2. The number of hydrogen-bond donors (Lipinski definition) is 0. The highest BCUT2D eigenvalue weighted by Crippen LogP contribution is 2.66. The number of halogens is 8. The summed E-state index contributed by atoms with van der Waals surface area (Å²) in [4.78, 5) is 3.98. The molecule has 4 aliphatic rings. The summed E-state index contributed by atoms with van der Waals surface area (Å²) >= 11 is 0. The first-order chi connectivity index (χ1) is 56.2. The fourth-order valence-electron chi connectivity index (χ4n) is 18.6. The predicted molar refractivity (Wildman–Crippen MR) is 440 cm³/mol. The number of benzene rings is 16. The van der Waals surface area contributed by atoms with Crippen LogP contribution in [0, 0.1) is 46.5 Å². The summed E-state index contributed by atoms with van der Waals surface area (Å²) in [6.45, 7) is 7.73. The Morgan fingerprint density at radius 2 is 0.487 bits per heavy atom. The van der Waals surface area contributed by atoms with Gasteiger partial charge >= 0.3 is 0 Å². The summed E-state index contributed by atoms with van der Waals surface area (Å²) in [6, 6.07) is 99.7. The van der Waals surface area contributed by atoms with Crippen LogP contribution < -0.4 is 19.3 Å². The summed E-state index contributed by atoms with van der Waals surface area (Å²) in [5, 5.41) is 0. The second kappa shape index (κ2) is 27.0. The standard InChI is InChI=1S/C103H62F8N2O2/c1-3-61-21-41-73(42-22-61)114-75-45-25-63(26-46-75)101(97-93(106)53-55-95(108)99(97)110)85-17-9-5-13-77(85)81-49-37-69(57-89(81)101)112(67-33-29-65(104)30-34-67)71-39-51-83-79-15-7-11-19-87(79)103(91(83)59-71)88-20-12-8-16-80(88)84-52-40-72(60-92(84)103)113(68-35-31-66(105)32-36-68)70-38-50-82-78-14-6-10-18-86(78)102(90(82)58-70,98-94(107)54-56-96(109)100(98)111)64-27-47-76(48-28-64)115-74-43-23-62(4-2)24-44-74/h3-60H,1-2H2. The minimum absolute atomic E-state index is 0.416. The zero-order valence-corrected chi connectivity index (χ0v) is 61.1. The molecule has 2 atom stereocenters. The number of fused-ring (bicyclic) bond motifs is 16. The number of rotatable bonds is 16. The molecule has 0 bridgehead atoms. The van der Waals surface area contributed by atoms with E-state index in [0.29, 0.717) is 113 Å². The quantitative estimate of drug-likeness (QED) is 0.0711. The van der Waals surface area contributed by atoms with E-state index in [0.717, 1.165) is 79.9 Å². The topological polar surface area (TPSA) is 24.9 Å². The summed E-state index contributed by atoms with van der Waals surface area (Å²) < 4.78 is 147. The van der Waals surface area contributed by atoms with Crippen LogP contribution in [0.15, 0.2) is 353 Å². The van der Waals surface area contributed by atoms with Crippen LogP contribution in [0.25, 0.3) is 56.7 Å². The van der Waals surface area contributed by atoms with Crippen molar-refractivity contribution in [1.29, 1.82) is 0 Å². The van der Waals surface area contributed by atoms with Gasteiger partial charge in [-0.3, -0.25) is 0 Å². The molecular weight excluding hydrogens is 1450 g/mol. The lowest BCUT2D eigenvalue weighted by Crippen LogP contribution is -2.32. The number of ether oxygens (including phenoxy) is 2. The summed E-state index contributed by atoms with van der Waals surface area (Å²) in [5.74, 6) is -6.15. The van der Waals surface area contributed by atoms with E-state index in [1.165, 1.54) is 24.3 Å². The Hall–Kier alpha value is -14.4. The minimum atomic E-state index is -1.84. The van der Waals surface area contributed by atoms with Gasteiger partial charge < -0.3 is 19.3 Å². The fraction of sp³-hybridized carbons (Fsp3) is 0.0291. The first kappa shape index (κ1) is 69.8. The van der Waals surface area contributed by atoms with Crippen LogP contribution in [-0.4, -0.2) is 0 Å². The molecule has 0 aliphatic heterocycles. The second-order valence-electron chi connectivity index (χ2n) is 29.2. The molecule has 16 aromatic rings. The third-order valence-corrected chi connectivity index (χ3v) is 23.4. The molecule has 12 heteroatoms. The van der Waals surface area contributed by atoms with Gasteiger partial charge in [-0.2, -0.15) is 0 Å². The maximum Gasteiger partial charge on any atom is 0.166 e. The molecule has 16 aromatic carbocycles. The van der Waals surface area contributed by atoms with Crippen molar-refractivity contribution in [3.63, 3.8) is 0 Å². The van der Waals surface area contributed by atoms with Crippen LogP contribution in [0.3, 0.4) is 0 Å². The minimum Gasteiger partial charge on any atom is -0.457 e. The molecule has 2 unspecified atom stereocenters. The zero-order chi connectivity index (χ0) is 78.2. The molecule has 552 valence electrons. The van der Waals surface area contributed by atoms with Gasteiger partial charge in [0.1, 0.15) is 46.3 Å². The lowest BCUT2D eigenvalue weighted by atomic mass is 9.67. The van der Waals surface area contributed by atoms with Crippen LogP contribution in [0.1, 0.15) is 77.9 Å². The molecule has 4 nitrogen and oxygen atoms in total. The van der Waals surface area contributed by atoms with Crippen molar-refractivity contribution in [3.8, 4) is 67.5 Å². The van der Waals surface area contributed by atoms with Gasteiger partial charge in [0, 0.05) is 45.3 Å². The maximum absolute atomic E-state index is 17.5. The third kappa shape index (κ3) is 10.6. The van der Waals surface area contributed by atoms with Crippen LogP contribution in [0.4, 0.5) is 69.2 Å². The van der Waals surface area contributed by atoms with E-state index >= 15 is 35.1 Å². The molecular formula is C103H62F8N2O2. The Labute approximate surface area is 658 Å². The van der Waals surface area contributed by atoms with E-state index in [4.69, 9.17) is 9.47 Å². The molecule has 0 fully saturated rings. The smallest absolute Gasteiger partial charge is 0.166 e. The van der Waals surface area contributed by atoms with Gasteiger partial charge in [0.2, 0.25) is 0 Å². The van der Waals surface area contributed by atoms with Crippen LogP contribution in [-0.2, 0) is 16.2 Å². The van der Waals surface area contributed by atoms with Crippen molar-refractivity contribution in [2.45, 2.75) is 16.2 Å². The summed E-state index contributed by atoms with van der Waals surface area (Å²) in [6.07, 6.45) is 3.46. The van der Waals surface area contributed by atoms with E-state index in [-0.39, 0.29) is 0 Å². The average Bonchev–Trinajstić information content (AvgIpc) is 1.51. The molecule has 0 saturated carbocycles. The predicted octanol–water partition coefficient (Wildman–Crippen LogP) is 27.7. The Balaban J connectivity index is 0.777. The van der Waals surface area contributed by atoms with E-state index in [1.807, 2.05) is 168 Å². The third-order valence-electron chi connectivity index (χ3n) is 23.4. The highest BCUT2D eigenvalue weighted by Gasteiger charge is 2.55. The summed E-state index contributed by atoms with van der Waals surface area (Å²) in [7, 11) is 0. The SMILES string of the molecule is C=Cc1ccc(Oc2ccc(C3(c4c(F)ccc(F)c4F)c4ccccc4-c4ccc(N(c5ccc(F)cc5)c5ccc6c(c5)C5(c7ccccc7-6)c6ccccc6-c6ccc(N(c7ccc(F)cc7)c7ccc8c(c7)C(c7ccc(Oc9ccc(C=C)cc9)cc7)(c7c(F)ccc(F)c7F)c7ccccc7-8)cc65)cc43)cc2)cc1. The summed E-state index contributed by atoms with van der Waals surface area (Å²) in [5.41, 5.74) is 12.0.